The molecule has 2 aliphatic carbocycles. The van der Waals surface area contributed by atoms with Crippen molar-refractivity contribution in [3.8, 4) is 0 Å². The van der Waals surface area contributed by atoms with E-state index in [-0.39, 0.29) is 0 Å². The van der Waals surface area contributed by atoms with Crippen LogP contribution in [0.15, 0.2) is 12.2 Å². The number of fused-ring (bicyclic) bond motifs is 1. The van der Waals surface area contributed by atoms with E-state index in [0.717, 1.165) is 12.8 Å². The summed E-state index contributed by atoms with van der Waals surface area (Å²) >= 11 is 0. The summed E-state index contributed by atoms with van der Waals surface area (Å²) in [5.41, 5.74) is 0. The third-order valence-electron chi connectivity index (χ3n) is 2.75. The minimum atomic E-state index is 0.383. The summed E-state index contributed by atoms with van der Waals surface area (Å²) in [6, 6.07) is 0. The molecule has 1 saturated carbocycles. The highest BCUT2D eigenvalue weighted by molar-refractivity contribution is 5.92. The lowest BCUT2D eigenvalue weighted by Crippen LogP contribution is -2.19. The van der Waals surface area contributed by atoms with Crippen LogP contribution < -0.4 is 0 Å². The minimum absolute atomic E-state index is 0.383. The molecule has 0 aromatic rings. The van der Waals surface area contributed by atoms with E-state index < -0.39 is 0 Å². The van der Waals surface area contributed by atoms with Gasteiger partial charge in [-0.05, 0) is 31.3 Å². The fourth-order valence-corrected chi connectivity index (χ4v) is 2.18. The number of allylic oxidation sites excluding steroid dienone is 2. The highest BCUT2D eigenvalue weighted by Crippen LogP contribution is 2.37. The number of ketones is 1. The molecule has 0 saturated heterocycles. The molecule has 0 aromatic carbocycles. The van der Waals surface area contributed by atoms with Crippen LogP contribution >= 0.6 is 0 Å². The average molecular weight is 136 g/mol. The SMILES string of the molecule is O=C1C=CC[C@H]2CCC[C@H]12. The van der Waals surface area contributed by atoms with Gasteiger partial charge in [-0.3, -0.25) is 4.79 Å². The molecule has 0 heterocycles. The van der Waals surface area contributed by atoms with E-state index in [1.807, 2.05) is 6.08 Å². The summed E-state index contributed by atoms with van der Waals surface area (Å²) in [7, 11) is 0. The maximum absolute atomic E-state index is 11.2. The van der Waals surface area contributed by atoms with Crippen LogP contribution in [-0.2, 0) is 4.79 Å². The molecule has 0 N–H and O–H groups in total. The van der Waals surface area contributed by atoms with Gasteiger partial charge in [0, 0.05) is 5.92 Å². The van der Waals surface area contributed by atoms with Gasteiger partial charge in [0.05, 0.1) is 0 Å². The van der Waals surface area contributed by atoms with Gasteiger partial charge in [0.2, 0.25) is 0 Å². The fourth-order valence-electron chi connectivity index (χ4n) is 2.18. The van der Waals surface area contributed by atoms with Gasteiger partial charge in [-0.25, -0.2) is 0 Å². The Hall–Kier alpha value is -0.590. The molecule has 2 rings (SSSR count). The van der Waals surface area contributed by atoms with Crippen LogP contribution in [0.2, 0.25) is 0 Å². The zero-order chi connectivity index (χ0) is 6.97. The Morgan fingerprint density at radius 3 is 3.10 bits per heavy atom. The molecule has 0 aromatic heterocycles. The van der Waals surface area contributed by atoms with Crippen molar-refractivity contribution in [3.63, 3.8) is 0 Å². The van der Waals surface area contributed by atoms with Gasteiger partial charge in [-0.15, -0.1) is 0 Å². The first kappa shape index (κ1) is 6.14. The average Bonchev–Trinajstić information content (AvgIpc) is 2.36. The van der Waals surface area contributed by atoms with E-state index in [4.69, 9.17) is 0 Å². The van der Waals surface area contributed by atoms with E-state index in [1.54, 1.807) is 6.08 Å². The van der Waals surface area contributed by atoms with Crippen LogP contribution in [0, 0.1) is 11.8 Å². The number of carbonyl (C=O) groups excluding carboxylic acids is 1. The Labute approximate surface area is 61.1 Å². The first-order valence-corrected chi connectivity index (χ1v) is 4.08. The molecule has 10 heavy (non-hydrogen) atoms. The third-order valence-corrected chi connectivity index (χ3v) is 2.75. The molecule has 1 fully saturated rings. The van der Waals surface area contributed by atoms with E-state index in [1.165, 1.54) is 12.8 Å². The highest BCUT2D eigenvalue weighted by atomic mass is 16.1. The van der Waals surface area contributed by atoms with E-state index in [9.17, 15) is 4.79 Å². The molecule has 0 unspecified atom stereocenters. The first-order valence-electron chi connectivity index (χ1n) is 4.08. The van der Waals surface area contributed by atoms with E-state index >= 15 is 0 Å². The standard InChI is InChI=1S/C9H12O/c10-9-6-2-4-7-3-1-5-8(7)9/h2,6-8H,1,3-5H2/t7-,8+/m1/s1. The summed E-state index contributed by atoms with van der Waals surface area (Å²) < 4.78 is 0. The first-order chi connectivity index (χ1) is 4.88. The Kier molecular flexibility index (Phi) is 1.37. The lowest BCUT2D eigenvalue weighted by atomic mass is 9.85. The maximum atomic E-state index is 11.2. The largest absolute Gasteiger partial charge is 0.295 e. The van der Waals surface area contributed by atoms with Crippen LogP contribution in [-0.4, -0.2) is 5.78 Å². The van der Waals surface area contributed by atoms with Gasteiger partial charge in [0.1, 0.15) is 0 Å². The van der Waals surface area contributed by atoms with Gasteiger partial charge in [0.25, 0.3) is 0 Å². The predicted molar refractivity (Wildman–Crippen MR) is 39.6 cm³/mol. The molecule has 0 amide bonds. The Bertz CT molecular complexity index is 181. The lowest BCUT2D eigenvalue weighted by Gasteiger charge is -2.18. The molecule has 1 heteroatoms. The quantitative estimate of drug-likeness (QED) is 0.497. The molecule has 2 atom stereocenters. The Balaban J connectivity index is 2.20. The molecular formula is C9H12O. The number of hydrogen-bond acceptors (Lipinski definition) is 1. The summed E-state index contributed by atoms with van der Waals surface area (Å²) in [4.78, 5) is 11.2. The Morgan fingerprint density at radius 2 is 2.30 bits per heavy atom. The van der Waals surface area contributed by atoms with Crippen LogP contribution in [0.25, 0.3) is 0 Å². The molecule has 1 nitrogen and oxygen atoms in total. The summed E-state index contributed by atoms with van der Waals surface area (Å²) in [5.74, 6) is 1.50. The summed E-state index contributed by atoms with van der Waals surface area (Å²) in [6.07, 6.45) is 8.65. The minimum Gasteiger partial charge on any atom is -0.295 e. The highest BCUT2D eigenvalue weighted by Gasteiger charge is 2.32. The molecule has 0 bridgehead atoms. The fraction of sp³-hybridized carbons (Fsp3) is 0.667. The second-order valence-electron chi connectivity index (χ2n) is 3.34. The number of rotatable bonds is 0. The van der Waals surface area contributed by atoms with Crippen molar-refractivity contribution in [2.24, 2.45) is 11.8 Å². The second-order valence-corrected chi connectivity index (χ2v) is 3.34. The van der Waals surface area contributed by atoms with Gasteiger partial charge in [-0.2, -0.15) is 0 Å². The van der Waals surface area contributed by atoms with Gasteiger partial charge < -0.3 is 0 Å². The van der Waals surface area contributed by atoms with Crippen molar-refractivity contribution in [2.75, 3.05) is 0 Å². The van der Waals surface area contributed by atoms with Gasteiger partial charge in [0.15, 0.2) is 5.78 Å². The molecule has 2 aliphatic rings. The molecular weight excluding hydrogens is 124 g/mol. The number of hydrogen-bond donors (Lipinski definition) is 0. The van der Waals surface area contributed by atoms with Crippen LogP contribution in [0.4, 0.5) is 0 Å². The smallest absolute Gasteiger partial charge is 0.158 e. The van der Waals surface area contributed by atoms with Crippen molar-refractivity contribution < 1.29 is 4.79 Å². The monoisotopic (exact) mass is 136 g/mol. The normalized spacial score (nSPS) is 38.2. The van der Waals surface area contributed by atoms with Gasteiger partial charge in [-0.1, -0.05) is 12.5 Å². The Morgan fingerprint density at radius 1 is 1.40 bits per heavy atom. The van der Waals surface area contributed by atoms with Crippen LogP contribution in [0.3, 0.4) is 0 Å². The zero-order valence-electron chi connectivity index (χ0n) is 6.05. The summed E-state index contributed by atoms with van der Waals surface area (Å²) in [5, 5.41) is 0. The molecule has 0 aliphatic heterocycles. The van der Waals surface area contributed by atoms with Crippen LogP contribution in [0.1, 0.15) is 25.7 Å². The van der Waals surface area contributed by atoms with Gasteiger partial charge >= 0.3 is 0 Å². The summed E-state index contributed by atoms with van der Waals surface area (Å²) in [6.45, 7) is 0. The van der Waals surface area contributed by atoms with E-state index in [0.29, 0.717) is 17.6 Å². The van der Waals surface area contributed by atoms with Crippen molar-refractivity contribution in [1.82, 2.24) is 0 Å². The van der Waals surface area contributed by atoms with Crippen LogP contribution in [0.5, 0.6) is 0 Å². The lowest BCUT2D eigenvalue weighted by molar-refractivity contribution is -0.119. The van der Waals surface area contributed by atoms with Crippen molar-refractivity contribution in [1.29, 1.82) is 0 Å². The third kappa shape index (κ3) is 0.808. The zero-order valence-corrected chi connectivity index (χ0v) is 6.05. The molecule has 0 spiro atoms. The molecule has 0 radical (unpaired) electrons. The van der Waals surface area contributed by atoms with E-state index in [2.05, 4.69) is 0 Å². The predicted octanol–water partition coefficient (Wildman–Crippen LogP) is 1.93. The van der Waals surface area contributed by atoms with Crippen molar-refractivity contribution in [2.45, 2.75) is 25.7 Å². The molecule has 54 valence electrons. The van der Waals surface area contributed by atoms with Crippen molar-refractivity contribution >= 4 is 5.78 Å². The maximum Gasteiger partial charge on any atom is 0.158 e. The van der Waals surface area contributed by atoms with Crippen molar-refractivity contribution in [3.05, 3.63) is 12.2 Å². The number of carbonyl (C=O) groups is 1. The topological polar surface area (TPSA) is 17.1 Å². The second kappa shape index (κ2) is 2.22.